The zero-order chi connectivity index (χ0) is 17.1. The Morgan fingerprint density at radius 3 is 3.08 bits per heavy atom. The second kappa shape index (κ2) is 7.42. The van der Waals surface area contributed by atoms with Gasteiger partial charge in [0.05, 0.1) is 11.2 Å². The minimum absolute atomic E-state index is 0.0760. The van der Waals surface area contributed by atoms with Crippen LogP contribution in [0.1, 0.15) is 23.4 Å². The predicted octanol–water partition coefficient (Wildman–Crippen LogP) is 2.99. The molecule has 8 heteroatoms. The fourth-order valence-corrected chi connectivity index (χ4v) is 2.94. The van der Waals surface area contributed by atoms with Crippen molar-refractivity contribution in [3.05, 3.63) is 46.1 Å². The van der Waals surface area contributed by atoms with Crippen LogP contribution in [0.2, 0.25) is 10.0 Å². The normalized spacial score (nSPS) is 17.8. The molecular weight excluding hydrogens is 353 g/mol. The highest BCUT2D eigenvalue weighted by molar-refractivity contribution is 6.35. The van der Waals surface area contributed by atoms with Crippen LogP contribution in [0, 0.1) is 0 Å². The number of aromatic nitrogens is 1. The zero-order valence-corrected chi connectivity index (χ0v) is 14.6. The Hall–Kier alpha value is -1.76. The number of rotatable bonds is 4. The van der Waals surface area contributed by atoms with Crippen molar-refractivity contribution >= 4 is 29.1 Å². The molecule has 1 saturated heterocycles. The van der Waals surface area contributed by atoms with Gasteiger partial charge in [-0.05, 0) is 25.1 Å². The standard InChI is InChI=1S/C16H17Cl2N3O3/c1-10-8-21(5-4-19-10)16(22)14-7-20-15(24-14)9-23-13-3-2-11(17)6-12(13)18/h2-3,6-7,10,19H,4-5,8-9H2,1H3/t10-/m0/s1. The zero-order valence-electron chi connectivity index (χ0n) is 13.1. The van der Waals surface area contributed by atoms with E-state index in [0.29, 0.717) is 34.8 Å². The topological polar surface area (TPSA) is 67.6 Å². The van der Waals surface area contributed by atoms with Crippen molar-refractivity contribution < 1.29 is 13.9 Å². The van der Waals surface area contributed by atoms with Gasteiger partial charge in [0.25, 0.3) is 5.91 Å². The first-order valence-electron chi connectivity index (χ1n) is 7.58. The summed E-state index contributed by atoms with van der Waals surface area (Å²) in [5.74, 6) is 0.840. The molecule has 1 aliphatic rings. The molecule has 3 rings (SSSR count). The van der Waals surface area contributed by atoms with Crippen molar-refractivity contribution in [1.82, 2.24) is 15.2 Å². The Bertz CT molecular complexity index is 735. The van der Waals surface area contributed by atoms with Crippen LogP contribution in [-0.4, -0.2) is 41.5 Å². The van der Waals surface area contributed by atoms with Crippen LogP contribution in [0.3, 0.4) is 0 Å². The summed E-state index contributed by atoms with van der Waals surface area (Å²) in [6.45, 7) is 4.18. The second-order valence-electron chi connectivity index (χ2n) is 5.59. The molecule has 0 unspecified atom stereocenters. The minimum atomic E-state index is -0.161. The highest BCUT2D eigenvalue weighted by Crippen LogP contribution is 2.28. The summed E-state index contributed by atoms with van der Waals surface area (Å²) in [5.41, 5.74) is 0. The number of oxazole rings is 1. The number of hydrogen-bond donors (Lipinski definition) is 1. The van der Waals surface area contributed by atoms with Gasteiger partial charge in [-0.25, -0.2) is 4.98 Å². The predicted molar refractivity (Wildman–Crippen MR) is 90.7 cm³/mol. The summed E-state index contributed by atoms with van der Waals surface area (Å²) in [5, 5.41) is 4.22. The van der Waals surface area contributed by atoms with E-state index in [0.717, 1.165) is 6.54 Å². The third kappa shape index (κ3) is 4.01. The van der Waals surface area contributed by atoms with Gasteiger partial charge in [0.2, 0.25) is 11.7 Å². The van der Waals surface area contributed by atoms with Crippen LogP contribution in [0.5, 0.6) is 5.75 Å². The molecular formula is C16H17Cl2N3O3. The van der Waals surface area contributed by atoms with Gasteiger partial charge in [0.15, 0.2) is 6.61 Å². The lowest BCUT2D eigenvalue weighted by atomic mass is 10.2. The van der Waals surface area contributed by atoms with Crippen LogP contribution >= 0.6 is 23.2 Å². The minimum Gasteiger partial charge on any atom is -0.482 e. The van der Waals surface area contributed by atoms with E-state index in [1.54, 1.807) is 23.1 Å². The van der Waals surface area contributed by atoms with Gasteiger partial charge in [-0.1, -0.05) is 23.2 Å². The van der Waals surface area contributed by atoms with Gasteiger partial charge in [-0.2, -0.15) is 0 Å². The number of halogens is 2. The van der Waals surface area contributed by atoms with Gasteiger partial charge in [-0.15, -0.1) is 0 Å². The van der Waals surface area contributed by atoms with Gasteiger partial charge in [0, 0.05) is 30.7 Å². The molecule has 1 amide bonds. The molecule has 0 spiro atoms. The highest BCUT2D eigenvalue weighted by Gasteiger charge is 2.24. The number of carbonyl (C=O) groups excluding carboxylic acids is 1. The molecule has 1 aliphatic heterocycles. The number of amides is 1. The lowest BCUT2D eigenvalue weighted by Crippen LogP contribution is -2.51. The van der Waals surface area contributed by atoms with Crippen LogP contribution in [-0.2, 0) is 6.61 Å². The Labute approximate surface area is 149 Å². The van der Waals surface area contributed by atoms with Gasteiger partial charge < -0.3 is 19.4 Å². The maximum absolute atomic E-state index is 12.4. The maximum Gasteiger partial charge on any atom is 0.291 e. The van der Waals surface area contributed by atoms with E-state index < -0.39 is 0 Å². The molecule has 1 atom stereocenters. The van der Waals surface area contributed by atoms with Crippen LogP contribution in [0.25, 0.3) is 0 Å². The first-order valence-corrected chi connectivity index (χ1v) is 8.34. The Morgan fingerprint density at radius 2 is 2.33 bits per heavy atom. The van der Waals surface area contributed by atoms with Crippen molar-refractivity contribution in [2.75, 3.05) is 19.6 Å². The van der Waals surface area contributed by atoms with Crippen LogP contribution in [0.15, 0.2) is 28.8 Å². The summed E-state index contributed by atoms with van der Waals surface area (Å²) in [6.07, 6.45) is 1.43. The first kappa shape index (κ1) is 17.1. The number of carbonyl (C=O) groups is 1. The molecule has 2 heterocycles. The van der Waals surface area contributed by atoms with E-state index in [1.807, 2.05) is 6.92 Å². The molecule has 2 aromatic rings. The number of nitrogens with zero attached hydrogens (tertiary/aromatic N) is 2. The Balaban J connectivity index is 1.62. The van der Waals surface area contributed by atoms with Crippen LogP contribution < -0.4 is 10.1 Å². The van der Waals surface area contributed by atoms with Gasteiger partial charge in [-0.3, -0.25) is 4.79 Å². The average Bonchev–Trinajstić information content (AvgIpc) is 3.02. The molecule has 0 radical (unpaired) electrons. The molecule has 128 valence electrons. The Morgan fingerprint density at radius 1 is 1.50 bits per heavy atom. The number of ether oxygens (including phenoxy) is 1. The molecule has 1 aromatic heterocycles. The SMILES string of the molecule is C[C@H]1CN(C(=O)c2cnc(COc3ccc(Cl)cc3Cl)o2)CCN1. The summed E-state index contributed by atoms with van der Waals surface area (Å²) in [6, 6.07) is 5.20. The van der Waals surface area contributed by atoms with E-state index in [4.69, 9.17) is 32.4 Å². The molecule has 24 heavy (non-hydrogen) atoms. The average molecular weight is 370 g/mol. The van der Waals surface area contributed by atoms with Gasteiger partial charge >= 0.3 is 0 Å². The van der Waals surface area contributed by atoms with Crippen molar-refractivity contribution in [3.63, 3.8) is 0 Å². The molecule has 1 fully saturated rings. The monoisotopic (exact) mass is 369 g/mol. The molecule has 0 saturated carbocycles. The largest absolute Gasteiger partial charge is 0.482 e. The van der Waals surface area contributed by atoms with Crippen LogP contribution in [0.4, 0.5) is 0 Å². The van der Waals surface area contributed by atoms with Crippen molar-refractivity contribution in [2.45, 2.75) is 19.6 Å². The fraction of sp³-hybridized carbons (Fsp3) is 0.375. The molecule has 0 aliphatic carbocycles. The van der Waals surface area contributed by atoms with E-state index in [1.165, 1.54) is 6.20 Å². The second-order valence-corrected chi connectivity index (χ2v) is 6.43. The highest BCUT2D eigenvalue weighted by atomic mass is 35.5. The third-order valence-corrected chi connectivity index (χ3v) is 4.20. The quantitative estimate of drug-likeness (QED) is 0.896. The number of hydrogen-bond acceptors (Lipinski definition) is 5. The summed E-state index contributed by atoms with van der Waals surface area (Å²) in [7, 11) is 0. The lowest BCUT2D eigenvalue weighted by molar-refractivity contribution is 0.0673. The number of piperazine rings is 1. The van der Waals surface area contributed by atoms with E-state index in [2.05, 4.69) is 10.3 Å². The maximum atomic E-state index is 12.4. The first-order chi connectivity index (χ1) is 11.5. The molecule has 1 N–H and O–H groups in total. The number of nitrogens with one attached hydrogen (secondary N) is 1. The molecule has 6 nitrogen and oxygen atoms in total. The summed E-state index contributed by atoms with van der Waals surface area (Å²) in [4.78, 5) is 18.3. The Kier molecular flexibility index (Phi) is 5.28. The fourth-order valence-electron chi connectivity index (χ4n) is 2.48. The van der Waals surface area contributed by atoms with Crippen molar-refractivity contribution in [1.29, 1.82) is 0 Å². The van der Waals surface area contributed by atoms with Gasteiger partial charge in [0.1, 0.15) is 5.75 Å². The van der Waals surface area contributed by atoms with E-state index in [-0.39, 0.29) is 24.3 Å². The van der Waals surface area contributed by atoms with E-state index in [9.17, 15) is 4.79 Å². The number of benzene rings is 1. The summed E-state index contributed by atoms with van der Waals surface area (Å²) >= 11 is 11.9. The van der Waals surface area contributed by atoms with Crippen molar-refractivity contribution in [3.8, 4) is 5.75 Å². The third-order valence-electron chi connectivity index (χ3n) is 3.67. The smallest absolute Gasteiger partial charge is 0.291 e. The lowest BCUT2D eigenvalue weighted by Gasteiger charge is -2.31. The molecule has 1 aromatic carbocycles. The summed E-state index contributed by atoms with van der Waals surface area (Å²) < 4.78 is 11.1. The molecule has 0 bridgehead atoms. The van der Waals surface area contributed by atoms with Crippen molar-refractivity contribution in [2.24, 2.45) is 0 Å². The van der Waals surface area contributed by atoms with E-state index >= 15 is 0 Å².